The molecule has 2 heteroatoms. The number of Topliss-reactive ketones (excluding diaryl/α,β-unsaturated/α-hetero) is 1. The van der Waals surface area contributed by atoms with Crippen LogP contribution in [0.15, 0.2) is 12.7 Å². The van der Waals surface area contributed by atoms with Crippen molar-refractivity contribution >= 4 is 5.78 Å². The van der Waals surface area contributed by atoms with Gasteiger partial charge >= 0.3 is 0 Å². The quantitative estimate of drug-likeness (QED) is 0.560. The summed E-state index contributed by atoms with van der Waals surface area (Å²) in [5.74, 6) is -0.299. The van der Waals surface area contributed by atoms with Crippen molar-refractivity contribution in [2.75, 3.05) is 0 Å². The lowest BCUT2D eigenvalue weighted by Gasteiger charge is -2.21. The van der Waals surface area contributed by atoms with Crippen molar-refractivity contribution in [2.45, 2.75) is 31.9 Å². The Hall–Kier alpha value is -0.660. The third-order valence-electron chi connectivity index (χ3n) is 2.17. The van der Waals surface area contributed by atoms with E-state index < -0.39 is 6.17 Å². The zero-order valence-corrected chi connectivity index (χ0v) is 6.55. The van der Waals surface area contributed by atoms with Gasteiger partial charge in [-0.25, -0.2) is 4.39 Å². The van der Waals surface area contributed by atoms with Crippen molar-refractivity contribution in [3.05, 3.63) is 12.7 Å². The number of carbonyl (C=O) groups is 1. The Morgan fingerprint density at radius 2 is 2.36 bits per heavy atom. The average molecular weight is 156 g/mol. The molecule has 0 aromatic heterocycles. The van der Waals surface area contributed by atoms with Gasteiger partial charge in [0.25, 0.3) is 0 Å². The molecular formula is C9H13FO. The summed E-state index contributed by atoms with van der Waals surface area (Å²) >= 11 is 0. The maximum atomic E-state index is 12.8. The Morgan fingerprint density at radius 1 is 1.64 bits per heavy atom. The number of ketones is 1. The molecule has 0 saturated heterocycles. The highest BCUT2D eigenvalue weighted by atomic mass is 19.1. The van der Waals surface area contributed by atoms with Crippen LogP contribution in [0.5, 0.6) is 0 Å². The van der Waals surface area contributed by atoms with E-state index in [1.807, 2.05) is 0 Å². The van der Waals surface area contributed by atoms with Gasteiger partial charge in [0, 0.05) is 5.92 Å². The molecule has 1 aliphatic rings. The zero-order chi connectivity index (χ0) is 8.27. The van der Waals surface area contributed by atoms with E-state index in [0.29, 0.717) is 12.8 Å². The molecule has 0 bridgehead atoms. The number of allylic oxidation sites excluding steroid dienone is 1. The van der Waals surface area contributed by atoms with Crippen LogP contribution < -0.4 is 0 Å². The zero-order valence-electron chi connectivity index (χ0n) is 6.55. The fourth-order valence-electron chi connectivity index (χ4n) is 1.52. The molecular weight excluding hydrogens is 143 g/mol. The number of hydrogen-bond acceptors (Lipinski definition) is 1. The van der Waals surface area contributed by atoms with Crippen LogP contribution in [0.1, 0.15) is 25.7 Å². The van der Waals surface area contributed by atoms with Gasteiger partial charge in [0.2, 0.25) is 0 Å². The molecule has 1 aliphatic carbocycles. The second-order valence-electron chi connectivity index (χ2n) is 3.02. The van der Waals surface area contributed by atoms with Gasteiger partial charge in [0.05, 0.1) is 0 Å². The SMILES string of the molecule is C=CCC1CCCC(F)C1=O. The van der Waals surface area contributed by atoms with Crippen molar-refractivity contribution in [2.24, 2.45) is 5.92 Å². The number of alkyl halides is 1. The Kier molecular flexibility index (Phi) is 2.80. The van der Waals surface area contributed by atoms with E-state index in [-0.39, 0.29) is 11.7 Å². The van der Waals surface area contributed by atoms with Gasteiger partial charge in [-0.05, 0) is 25.7 Å². The Bertz CT molecular complexity index is 165. The first-order chi connectivity index (χ1) is 5.25. The number of carbonyl (C=O) groups excluding carboxylic acids is 1. The molecule has 0 radical (unpaired) electrons. The second-order valence-corrected chi connectivity index (χ2v) is 3.02. The van der Waals surface area contributed by atoms with Crippen molar-refractivity contribution in [1.29, 1.82) is 0 Å². The van der Waals surface area contributed by atoms with E-state index >= 15 is 0 Å². The van der Waals surface area contributed by atoms with Crippen LogP contribution in [-0.2, 0) is 4.79 Å². The van der Waals surface area contributed by atoms with Crippen molar-refractivity contribution in [3.63, 3.8) is 0 Å². The van der Waals surface area contributed by atoms with Gasteiger partial charge < -0.3 is 0 Å². The van der Waals surface area contributed by atoms with Crippen molar-refractivity contribution in [3.8, 4) is 0 Å². The Labute approximate surface area is 66.3 Å². The summed E-state index contributed by atoms with van der Waals surface area (Å²) in [5, 5.41) is 0. The summed E-state index contributed by atoms with van der Waals surface area (Å²) < 4.78 is 12.8. The first-order valence-corrected chi connectivity index (χ1v) is 4.04. The fraction of sp³-hybridized carbons (Fsp3) is 0.667. The van der Waals surface area contributed by atoms with Gasteiger partial charge in [0.15, 0.2) is 12.0 Å². The van der Waals surface area contributed by atoms with Gasteiger partial charge in [-0.1, -0.05) is 6.08 Å². The van der Waals surface area contributed by atoms with Gasteiger partial charge in [-0.3, -0.25) is 4.79 Å². The van der Waals surface area contributed by atoms with Crippen LogP contribution in [0.4, 0.5) is 4.39 Å². The molecule has 1 fully saturated rings. The Balaban J connectivity index is 2.51. The molecule has 2 unspecified atom stereocenters. The predicted molar refractivity (Wildman–Crippen MR) is 42.1 cm³/mol. The van der Waals surface area contributed by atoms with Gasteiger partial charge in [0.1, 0.15) is 0 Å². The molecule has 0 aromatic carbocycles. The summed E-state index contributed by atoms with van der Waals surface area (Å²) in [5.41, 5.74) is 0. The smallest absolute Gasteiger partial charge is 0.170 e. The molecule has 0 aliphatic heterocycles. The van der Waals surface area contributed by atoms with Crippen LogP contribution >= 0.6 is 0 Å². The maximum absolute atomic E-state index is 12.8. The highest BCUT2D eigenvalue weighted by Gasteiger charge is 2.29. The third kappa shape index (κ3) is 1.88. The van der Waals surface area contributed by atoms with E-state index in [4.69, 9.17) is 0 Å². The highest BCUT2D eigenvalue weighted by Crippen LogP contribution is 2.25. The van der Waals surface area contributed by atoms with E-state index in [1.165, 1.54) is 0 Å². The maximum Gasteiger partial charge on any atom is 0.170 e. The summed E-state index contributed by atoms with van der Waals surface area (Å²) in [7, 11) is 0. The van der Waals surface area contributed by atoms with Crippen molar-refractivity contribution in [1.82, 2.24) is 0 Å². The lowest BCUT2D eigenvalue weighted by Crippen LogP contribution is -2.29. The topological polar surface area (TPSA) is 17.1 Å². The van der Waals surface area contributed by atoms with Crippen LogP contribution in [0.3, 0.4) is 0 Å². The number of halogens is 1. The monoisotopic (exact) mass is 156 g/mol. The molecule has 62 valence electrons. The minimum atomic E-state index is -1.20. The summed E-state index contributed by atoms with van der Waals surface area (Å²) in [6, 6.07) is 0. The summed E-state index contributed by atoms with van der Waals surface area (Å²) in [4.78, 5) is 11.1. The summed E-state index contributed by atoms with van der Waals surface area (Å²) in [6.07, 6.45) is 3.23. The first-order valence-electron chi connectivity index (χ1n) is 4.04. The van der Waals surface area contributed by atoms with Crippen LogP contribution in [0.2, 0.25) is 0 Å². The second kappa shape index (κ2) is 3.65. The molecule has 2 atom stereocenters. The molecule has 1 nitrogen and oxygen atoms in total. The first kappa shape index (κ1) is 8.44. The lowest BCUT2D eigenvalue weighted by atomic mass is 9.85. The minimum Gasteiger partial charge on any atom is -0.296 e. The molecule has 0 spiro atoms. The van der Waals surface area contributed by atoms with Crippen molar-refractivity contribution < 1.29 is 9.18 Å². The molecule has 1 rings (SSSR count). The Morgan fingerprint density at radius 3 is 3.00 bits per heavy atom. The average Bonchev–Trinajstić information content (AvgIpc) is 1.99. The molecule has 0 amide bonds. The normalized spacial score (nSPS) is 31.9. The predicted octanol–water partition coefficient (Wildman–Crippen LogP) is 2.27. The molecule has 0 heterocycles. The minimum absolute atomic E-state index is 0.0868. The van der Waals surface area contributed by atoms with E-state index in [1.54, 1.807) is 6.08 Å². The third-order valence-corrected chi connectivity index (χ3v) is 2.17. The molecule has 11 heavy (non-hydrogen) atoms. The number of rotatable bonds is 2. The lowest BCUT2D eigenvalue weighted by molar-refractivity contribution is -0.130. The van der Waals surface area contributed by atoms with Gasteiger partial charge in [-0.2, -0.15) is 0 Å². The van der Waals surface area contributed by atoms with Crippen LogP contribution in [0.25, 0.3) is 0 Å². The van der Waals surface area contributed by atoms with Gasteiger partial charge in [-0.15, -0.1) is 6.58 Å². The highest BCUT2D eigenvalue weighted by molar-refractivity contribution is 5.86. The number of hydrogen-bond donors (Lipinski definition) is 0. The fourth-order valence-corrected chi connectivity index (χ4v) is 1.52. The summed E-state index contributed by atoms with van der Waals surface area (Å²) in [6.45, 7) is 3.54. The largest absolute Gasteiger partial charge is 0.296 e. The molecule has 0 N–H and O–H groups in total. The van der Waals surface area contributed by atoms with E-state index in [2.05, 4.69) is 6.58 Å². The molecule has 0 aromatic rings. The van der Waals surface area contributed by atoms with E-state index in [9.17, 15) is 9.18 Å². The van der Waals surface area contributed by atoms with E-state index in [0.717, 1.165) is 12.8 Å². The van der Waals surface area contributed by atoms with Crippen LogP contribution in [-0.4, -0.2) is 12.0 Å². The standard InChI is InChI=1S/C9H13FO/c1-2-4-7-5-3-6-8(10)9(7)11/h2,7-8H,1,3-6H2. The molecule has 1 saturated carbocycles. The van der Waals surface area contributed by atoms with Crippen LogP contribution in [0, 0.1) is 5.92 Å².